The molecule has 0 saturated heterocycles. The highest BCUT2D eigenvalue weighted by Crippen LogP contribution is 2.32. The van der Waals surface area contributed by atoms with Gasteiger partial charge in [-0.05, 0) is 30.3 Å². The molecule has 8 heteroatoms. The van der Waals surface area contributed by atoms with Crippen molar-refractivity contribution in [3.8, 4) is 11.5 Å². The van der Waals surface area contributed by atoms with E-state index in [2.05, 4.69) is 10.6 Å². The number of amides is 2. The Morgan fingerprint density at radius 1 is 1.00 bits per heavy atom. The first-order chi connectivity index (χ1) is 12.0. The van der Waals surface area contributed by atoms with Crippen LogP contribution in [0.2, 0.25) is 10.0 Å². The van der Waals surface area contributed by atoms with E-state index >= 15 is 0 Å². The minimum Gasteiger partial charge on any atom is -0.486 e. The number of ether oxygens (including phenoxy) is 2. The average molecular weight is 381 g/mol. The molecule has 2 amide bonds. The molecular formula is C17H14Cl2N2O4. The largest absolute Gasteiger partial charge is 0.486 e. The fourth-order valence-electron chi connectivity index (χ4n) is 2.26. The Morgan fingerprint density at radius 2 is 1.76 bits per heavy atom. The number of hydrogen-bond donors (Lipinski definition) is 2. The van der Waals surface area contributed by atoms with Crippen molar-refractivity contribution in [2.45, 2.75) is 0 Å². The highest BCUT2D eigenvalue weighted by molar-refractivity contribution is 6.36. The lowest BCUT2D eigenvalue weighted by molar-refractivity contribution is -0.115. The number of nitrogens with one attached hydrogen (secondary N) is 2. The fourth-order valence-corrected chi connectivity index (χ4v) is 2.75. The number of hydrogen-bond acceptors (Lipinski definition) is 4. The highest BCUT2D eigenvalue weighted by atomic mass is 35.5. The third kappa shape index (κ3) is 4.35. The molecule has 0 bridgehead atoms. The minimum atomic E-state index is -0.459. The van der Waals surface area contributed by atoms with E-state index in [1.54, 1.807) is 24.3 Å². The van der Waals surface area contributed by atoms with Crippen molar-refractivity contribution in [3.63, 3.8) is 0 Å². The van der Waals surface area contributed by atoms with E-state index in [4.69, 9.17) is 32.7 Å². The summed E-state index contributed by atoms with van der Waals surface area (Å²) in [6.45, 7) is 0.756. The van der Waals surface area contributed by atoms with E-state index in [-0.39, 0.29) is 23.0 Å². The van der Waals surface area contributed by atoms with Gasteiger partial charge in [-0.25, -0.2) is 0 Å². The topological polar surface area (TPSA) is 76.7 Å². The zero-order valence-electron chi connectivity index (χ0n) is 13.0. The monoisotopic (exact) mass is 380 g/mol. The maximum absolute atomic E-state index is 12.1. The molecule has 1 heterocycles. The zero-order valence-corrected chi connectivity index (χ0v) is 14.5. The summed E-state index contributed by atoms with van der Waals surface area (Å²) >= 11 is 11.8. The standard InChI is InChI=1S/C17H14Cl2N2O4/c18-10-1-3-12(13(19)7-10)17(23)20-9-16(22)21-11-2-4-14-15(8-11)25-6-5-24-14/h1-4,7-8H,5-6,9H2,(H,20,23)(H,21,22). The number of fused-ring (bicyclic) bond motifs is 1. The summed E-state index contributed by atoms with van der Waals surface area (Å²) in [7, 11) is 0. The first-order valence-corrected chi connectivity index (χ1v) is 8.21. The van der Waals surface area contributed by atoms with Gasteiger partial charge in [0.25, 0.3) is 5.91 Å². The van der Waals surface area contributed by atoms with E-state index in [1.807, 2.05) is 0 Å². The van der Waals surface area contributed by atoms with Crippen LogP contribution >= 0.6 is 23.2 Å². The van der Waals surface area contributed by atoms with Gasteiger partial charge in [0.15, 0.2) is 11.5 Å². The molecule has 25 heavy (non-hydrogen) atoms. The smallest absolute Gasteiger partial charge is 0.253 e. The van der Waals surface area contributed by atoms with E-state index in [9.17, 15) is 9.59 Å². The Labute approximate surface area is 154 Å². The minimum absolute atomic E-state index is 0.202. The second-order valence-electron chi connectivity index (χ2n) is 5.21. The first-order valence-electron chi connectivity index (χ1n) is 7.45. The van der Waals surface area contributed by atoms with E-state index in [1.165, 1.54) is 12.1 Å². The van der Waals surface area contributed by atoms with Crippen molar-refractivity contribution in [1.82, 2.24) is 5.32 Å². The number of halogens is 2. The van der Waals surface area contributed by atoms with E-state index in [0.717, 1.165) is 0 Å². The summed E-state index contributed by atoms with van der Waals surface area (Å²) in [6.07, 6.45) is 0. The molecule has 0 unspecified atom stereocenters. The number of carbonyl (C=O) groups excluding carboxylic acids is 2. The van der Waals surface area contributed by atoms with Gasteiger partial charge in [0.1, 0.15) is 13.2 Å². The predicted octanol–water partition coefficient (Wildman–Crippen LogP) is 3.13. The quantitative estimate of drug-likeness (QED) is 0.853. The number of rotatable bonds is 4. The van der Waals surface area contributed by atoms with Gasteiger partial charge in [-0.15, -0.1) is 0 Å². The van der Waals surface area contributed by atoms with Crippen LogP contribution in [0.3, 0.4) is 0 Å². The van der Waals surface area contributed by atoms with Gasteiger partial charge in [-0.2, -0.15) is 0 Å². The summed E-state index contributed by atoms with van der Waals surface area (Å²) in [6, 6.07) is 9.60. The lowest BCUT2D eigenvalue weighted by Crippen LogP contribution is -2.33. The second-order valence-corrected chi connectivity index (χ2v) is 6.06. The van der Waals surface area contributed by atoms with Gasteiger partial charge in [0, 0.05) is 16.8 Å². The molecule has 0 saturated carbocycles. The molecule has 1 aliphatic heterocycles. The van der Waals surface area contributed by atoms with Crippen LogP contribution in [0.25, 0.3) is 0 Å². The van der Waals surface area contributed by atoms with Crippen LogP contribution in [0.1, 0.15) is 10.4 Å². The van der Waals surface area contributed by atoms with Crippen molar-refractivity contribution in [3.05, 3.63) is 52.0 Å². The highest BCUT2D eigenvalue weighted by Gasteiger charge is 2.14. The van der Waals surface area contributed by atoms with Crippen molar-refractivity contribution in [2.24, 2.45) is 0 Å². The molecule has 0 radical (unpaired) electrons. The maximum Gasteiger partial charge on any atom is 0.253 e. The molecule has 2 N–H and O–H groups in total. The molecule has 0 spiro atoms. The Hall–Kier alpha value is -2.44. The van der Waals surface area contributed by atoms with Crippen molar-refractivity contribution >= 4 is 40.7 Å². The van der Waals surface area contributed by atoms with Crippen LogP contribution in [0.5, 0.6) is 11.5 Å². The van der Waals surface area contributed by atoms with Crippen molar-refractivity contribution < 1.29 is 19.1 Å². The van der Waals surface area contributed by atoms with Gasteiger partial charge >= 0.3 is 0 Å². The lowest BCUT2D eigenvalue weighted by atomic mass is 10.2. The molecule has 6 nitrogen and oxygen atoms in total. The van der Waals surface area contributed by atoms with Gasteiger partial charge in [-0.1, -0.05) is 23.2 Å². The average Bonchev–Trinajstić information content (AvgIpc) is 2.59. The Morgan fingerprint density at radius 3 is 2.52 bits per heavy atom. The third-order valence-electron chi connectivity index (χ3n) is 3.41. The van der Waals surface area contributed by atoms with Crippen molar-refractivity contribution in [2.75, 3.05) is 25.1 Å². The summed E-state index contributed by atoms with van der Waals surface area (Å²) in [5, 5.41) is 5.83. The molecule has 2 aromatic carbocycles. The summed E-state index contributed by atoms with van der Waals surface area (Å²) in [5.74, 6) is 0.366. The second kappa shape index (κ2) is 7.63. The maximum atomic E-state index is 12.1. The molecule has 1 aliphatic rings. The lowest BCUT2D eigenvalue weighted by Gasteiger charge is -2.19. The van der Waals surface area contributed by atoms with E-state index < -0.39 is 5.91 Å². The number of carbonyl (C=O) groups is 2. The van der Waals surface area contributed by atoms with Gasteiger partial charge in [0.2, 0.25) is 5.91 Å². The Kier molecular flexibility index (Phi) is 5.31. The van der Waals surface area contributed by atoms with Crippen LogP contribution < -0.4 is 20.1 Å². The molecule has 130 valence electrons. The first kappa shape index (κ1) is 17.4. The van der Waals surface area contributed by atoms with Gasteiger partial charge in [-0.3, -0.25) is 9.59 Å². The zero-order chi connectivity index (χ0) is 17.8. The van der Waals surface area contributed by atoms with Crippen LogP contribution in [-0.2, 0) is 4.79 Å². The summed E-state index contributed by atoms with van der Waals surface area (Å²) < 4.78 is 10.9. The van der Waals surface area contributed by atoms with Crippen LogP contribution in [0.15, 0.2) is 36.4 Å². The molecule has 3 rings (SSSR count). The predicted molar refractivity (Wildman–Crippen MR) is 94.9 cm³/mol. The van der Waals surface area contributed by atoms with Gasteiger partial charge < -0.3 is 20.1 Å². The Balaban J connectivity index is 1.56. The van der Waals surface area contributed by atoms with Crippen molar-refractivity contribution in [1.29, 1.82) is 0 Å². The van der Waals surface area contributed by atoms with Gasteiger partial charge in [0.05, 0.1) is 17.1 Å². The summed E-state index contributed by atoms with van der Waals surface area (Å²) in [4.78, 5) is 24.1. The molecule has 0 aromatic heterocycles. The van der Waals surface area contributed by atoms with Crippen LogP contribution in [0, 0.1) is 0 Å². The van der Waals surface area contributed by atoms with Crippen LogP contribution in [0.4, 0.5) is 5.69 Å². The molecule has 2 aromatic rings. The number of anilines is 1. The molecule has 0 atom stereocenters. The molecule has 0 aliphatic carbocycles. The molecule has 0 fully saturated rings. The van der Waals surface area contributed by atoms with Crippen LogP contribution in [-0.4, -0.2) is 31.6 Å². The number of benzene rings is 2. The fraction of sp³-hybridized carbons (Fsp3) is 0.176. The summed E-state index contributed by atoms with van der Waals surface area (Å²) in [5.41, 5.74) is 0.797. The third-order valence-corrected chi connectivity index (χ3v) is 3.96. The SMILES string of the molecule is O=C(CNC(=O)c1ccc(Cl)cc1Cl)Nc1ccc2c(c1)OCCO2. The molecular weight excluding hydrogens is 367 g/mol. The Bertz CT molecular complexity index is 826. The van der Waals surface area contributed by atoms with E-state index in [0.29, 0.717) is 35.4 Å². The normalized spacial score (nSPS) is 12.4.